The van der Waals surface area contributed by atoms with Gasteiger partial charge in [-0.3, -0.25) is 4.79 Å². The molecule has 17 heavy (non-hydrogen) atoms. The summed E-state index contributed by atoms with van der Waals surface area (Å²) in [6.45, 7) is 1.06. The number of rotatable bonds is 3. The Balaban J connectivity index is 1.93. The predicted octanol–water partition coefficient (Wildman–Crippen LogP) is 1.43. The molecule has 1 saturated carbocycles. The lowest BCUT2D eigenvalue weighted by molar-refractivity contribution is -0.131. The molecule has 1 amide bonds. The lowest BCUT2D eigenvalue weighted by Gasteiger charge is -2.15. The first kappa shape index (κ1) is 12.2. The number of carbonyl (C=O) groups is 1. The van der Waals surface area contributed by atoms with Crippen LogP contribution in [0, 0.1) is 17.8 Å². The van der Waals surface area contributed by atoms with Crippen molar-refractivity contribution in [2.45, 2.75) is 19.4 Å². The Kier molecular flexibility index (Phi) is 3.82. The summed E-state index contributed by atoms with van der Waals surface area (Å²) in [5.41, 5.74) is 6.47. The second kappa shape index (κ2) is 5.35. The maximum atomic E-state index is 11.8. The van der Waals surface area contributed by atoms with Crippen LogP contribution < -0.4 is 5.73 Å². The molecular weight excluding hydrogens is 232 g/mol. The van der Waals surface area contributed by atoms with E-state index in [9.17, 15) is 4.79 Å². The maximum absolute atomic E-state index is 11.8. The van der Waals surface area contributed by atoms with Gasteiger partial charge in [0, 0.05) is 19.5 Å². The van der Waals surface area contributed by atoms with E-state index in [1.165, 1.54) is 0 Å². The van der Waals surface area contributed by atoms with Gasteiger partial charge in [0.15, 0.2) is 0 Å². The van der Waals surface area contributed by atoms with Crippen molar-refractivity contribution in [1.82, 2.24) is 4.90 Å². The fourth-order valence-electron chi connectivity index (χ4n) is 1.66. The third-order valence-electron chi connectivity index (χ3n) is 2.69. The molecule has 2 N–H and O–H groups in total. The summed E-state index contributed by atoms with van der Waals surface area (Å²) in [5, 5.41) is 2.05. The Morgan fingerprint density at radius 2 is 2.41 bits per heavy atom. The van der Waals surface area contributed by atoms with Gasteiger partial charge in [0.2, 0.25) is 5.91 Å². The van der Waals surface area contributed by atoms with Crippen molar-refractivity contribution >= 4 is 17.2 Å². The quantitative estimate of drug-likeness (QED) is 0.822. The topological polar surface area (TPSA) is 46.3 Å². The Labute approximate surface area is 106 Å². The van der Waals surface area contributed by atoms with Gasteiger partial charge >= 0.3 is 0 Å². The summed E-state index contributed by atoms with van der Waals surface area (Å²) in [6.07, 6.45) is 2.11. The van der Waals surface area contributed by atoms with Gasteiger partial charge in [-0.25, -0.2) is 0 Å². The van der Waals surface area contributed by atoms with Crippen molar-refractivity contribution in [2.24, 2.45) is 11.7 Å². The largest absolute Gasteiger partial charge is 0.341 e. The minimum atomic E-state index is 0.269. The van der Waals surface area contributed by atoms with Crippen LogP contribution in [0.1, 0.15) is 23.3 Å². The highest BCUT2D eigenvalue weighted by atomic mass is 32.1. The SMILES string of the molecule is CN(Cc1csc(C#CCN)c1)C(=O)C1CC1. The molecule has 4 heteroatoms. The predicted molar refractivity (Wildman–Crippen MR) is 69.4 cm³/mol. The Morgan fingerprint density at radius 3 is 3.06 bits per heavy atom. The molecule has 1 aliphatic carbocycles. The molecule has 0 unspecified atom stereocenters. The van der Waals surface area contributed by atoms with Crippen LogP contribution in [0.5, 0.6) is 0 Å². The van der Waals surface area contributed by atoms with Crippen molar-refractivity contribution in [3.8, 4) is 11.8 Å². The summed E-state index contributed by atoms with van der Waals surface area (Å²) in [7, 11) is 1.86. The zero-order valence-corrected chi connectivity index (χ0v) is 10.7. The lowest BCUT2D eigenvalue weighted by Crippen LogP contribution is -2.27. The van der Waals surface area contributed by atoms with Crippen LogP contribution in [-0.2, 0) is 11.3 Å². The second-order valence-corrected chi connectivity index (χ2v) is 5.20. The molecule has 1 aromatic heterocycles. The van der Waals surface area contributed by atoms with E-state index >= 15 is 0 Å². The molecule has 1 aliphatic rings. The first-order valence-corrected chi connectivity index (χ1v) is 6.60. The molecule has 1 aromatic rings. The summed E-state index contributed by atoms with van der Waals surface area (Å²) in [6, 6.07) is 2.03. The summed E-state index contributed by atoms with van der Waals surface area (Å²) in [4.78, 5) is 14.6. The molecule has 1 heterocycles. The van der Waals surface area contributed by atoms with Gasteiger partial charge in [-0.05, 0) is 29.9 Å². The second-order valence-electron chi connectivity index (χ2n) is 4.29. The first-order chi connectivity index (χ1) is 8.20. The number of hydrogen-bond acceptors (Lipinski definition) is 3. The van der Waals surface area contributed by atoms with Crippen LogP contribution >= 0.6 is 11.3 Å². The van der Waals surface area contributed by atoms with Crippen molar-refractivity contribution in [1.29, 1.82) is 0 Å². The van der Waals surface area contributed by atoms with Gasteiger partial charge in [-0.15, -0.1) is 11.3 Å². The maximum Gasteiger partial charge on any atom is 0.225 e. The van der Waals surface area contributed by atoms with Crippen LogP contribution in [0.25, 0.3) is 0 Å². The van der Waals surface area contributed by atoms with Gasteiger partial charge in [-0.2, -0.15) is 0 Å². The highest BCUT2D eigenvalue weighted by Gasteiger charge is 2.31. The smallest absolute Gasteiger partial charge is 0.225 e. The van der Waals surface area contributed by atoms with Gasteiger partial charge in [0.1, 0.15) is 0 Å². The zero-order valence-electron chi connectivity index (χ0n) is 9.90. The first-order valence-electron chi connectivity index (χ1n) is 5.72. The fourth-order valence-corrected chi connectivity index (χ4v) is 2.43. The minimum Gasteiger partial charge on any atom is -0.341 e. The van der Waals surface area contributed by atoms with E-state index < -0.39 is 0 Å². The molecule has 0 aliphatic heterocycles. The third kappa shape index (κ3) is 3.32. The molecule has 0 aromatic carbocycles. The Bertz CT molecular complexity index is 465. The van der Waals surface area contributed by atoms with Crippen LogP contribution in [0.2, 0.25) is 0 Å². The lowest BCUT2D eigenvalue weighted by atomic mass is 10.2. The van der Waals surface area contributed by atoms with E-state index in [0.717, 1.165) is 23.3 Å². The van der Waals surface area contributed by atoms with E-state index in [1.807, 2.05) is 13.1 Å². The van der Waals surface area contributed by atoms with Gasteiger partial charge < -0.3 is 10.6 Å². The van der Waals surface area contributed by atoms with E-state index in [-0.39, 0.29) is 11.8 Å². The van der Waals surface area contributed by atoms with Crippen LogP contribution in [-0.4, -0.2) is 24.4 Å². The van der Waals surface area contributed by atoms with Gasteiger partial charge in [0.05, 0.1) is 11.4 Å². The van der Waals surface area contributed by atoms with Gasteiger partial charge in [0.25, 0.3) is 0 Å². The highest BCUT2D eigenvalue weighted by molar-refractivity contribution is 7.10. The molecule has 0 spiro atoms. The fraction of sp³-hybridized carbons (Fsp3) is 0.462. The molecule has 0 atom stereocenters. The van der Waals surface area contributed by atoms with Crippen molar-refractivity contribution in [3.05, 3.63) is 21.9 Å². The van der Waals surface area contributed by atoms with Crippen LogP contribution in [0.15, 0.2) is 11.4 Å². The van der Waals surface area contributed by atoms with E-state index in [4.69, 9.17) is 5.73 Å². The van der Waals surface area contributed by atoms with E-state index in [1.54, 1.807) is 16.2 Å². The number of nitrogens with zero attached hydrogens (tertiary/aromatic N) is 1. The van der Waals surface area contributed by atoms with E-state index in [2.05, 4.69) is 17.2 Å². The number of amides is 1. The average molecular weight is 248 g/mol. The summed E-state index contributed by atoms with van der Waals surface area (Å²) in [5.74, 6) is 6.39. The van der Waals surface area contributed by atoms with Crippen molar-refractivity contribution in [3.63, 3.8) is 0 Å². The molecule has 0 bridgehead atoms. The molecule has 3 nitrogen and oxygen atoms in total. The van der Waals surface area contributed by atoms with E-state index in [0.29, 0.717) is 13.1 Å². The number of thiophene rings is 1. The average Bonchev–Trinajstić information content (AvgIpc) is 3.08. The minimum absolute atomic E-state index is 0.269. The molecule has 1 fully saturated rings. The molecule has 90 valence electrons. The third-order valence-corrected chi connectivity index (χ3v) is 3.58. The summed E-state index contributed by atoms with van der Waals surface area (Å²) >= 11 is 1.60. The normalized spacial score (nSPS) is 14.0. The monoisotopic (exact) mass is 248 g/mol. The van der Waals surface area contributed by atoms with Crippen LogP contribution in [0.3, 0.4) is 0 Å². The Morgan fingerprint density at radius 1 is 1.65 bits per heavy atom. The number of hydrogen-bond donors (Lipinski definition) is 1. The zero-order chi connectivity index (χ0) is 12.3. The van der Waals surface area contributed by atoms with Crippen LogP contribution in [0.4, 0.5) is 0 Å². The number of carbonyl (C=O) groups excluding carboxylic acids is 1. The van der Waals surface area contributed by atoms with Crippen molar-refractivity contribution in [2.75, 3.05) is 13.6 Å². The summed E-state index contributed by atoms with van der Waals surface area (Å²) < 4.78 is 0. The standard InChI is InChI=1S/C13H16N2OS/c1-15(13(16)11-4-5-11)8-10-7-12(17-9-10)3-2-6-14/h7,9,11H,4-6,8,14H2,1H3. The molecular formula is C13H16N2OS. The van der Waals surface area contributed by atoms with Gasteiger partial charge in [-0.1, -0.05) is 11.8 Å². The Hall–Kier alpha value is -1.31. The van der Waals surface area contributed by atoms with Crippen molar-refractivity contribution < 1.29 is 4.79 Å². The molecule has 2 rings (SSSR count). The molecule has 0 radical (unpaired) electrons. The highest BCUT2D eigenvalue weighted by Crippen LogP contribution is 2.31. The molecule has 0 saturated heterocycles. The number of nitrogens with two attached hydrogens (primary N) is 1.